The fourth-order valence-corrected chi connectivity index (χ4v) is 1.23. The fourth-order valence-electron chi connectivity index (χ4n) is 1.23. The minimum absolute atomic E-state index is 0.266. The summed E-state index contributed by atoms with van der Waals surface area (Å²) in [5, 5.41) is 3.81. The minimum Gasteiger partial charge on any atom is -0.461 e. The van der Waals surface area contributed by atoms with Gasteiger partial charge in [-0.1, -0.05) is 13.3 Å². The van der Waals surface area contributed by atoms with Crippen LogP contribution in [0, 0.1) is 6.33 Å². The van der Waals surface area contributed by atoms with Crippen LogP contribution in [0.3, 0.4) is 0 Å². The SMILES string of the molecule is CCCCOC(=O)c1cncc2n[c]nn12. The van der Waals surface area contributed by atoms with Gasteiger partial charge in [-0.15, -0.1) is 5.10 Å². The van der Waals surface area contributed by atoms with E-state index in [1.54, 1.807) is 0 Å². The molecule has 0 amide bonds. The second kappa shape index (κ2) is 4.69. The normalized spacial score (nSPS) is 10.6. The maximum absolute atomic E-state index is 11.7. The molecular formula is C10H11N4O2. The van der Waals surface area contributed by atoms with Gasteiger partial charge in [0.2, 0.25) is 6.33 Å². The summed E-state index contributed by atoms with van der Waals surface area (Å²) in [6.45, 7) is 2.44. The van der Waals surface area contributed by atoms with Gasteiger partial charge in [0.1, 0.15) is 0 Å². The van der Waals surface area contributed by atoms with E-state index in [9.17, 15) is 4.79 Å². The highest BCUT2D eigenvalue weighted by Gasteiger charge is 2.13. The van der Waals surface area contributed by atoms with Gasteiger partial charge < -0.3 is 4.74 Å². The van der Waals surface area contributed by atoms with Crippen molar-refractivity contribution in [1.82, 2.24) is 19.6 Å². The number of carbonyl (C=O) groups is 1. The first-order valence-electron chi connectivity index (χ1n) is 5.07. The zero-order valence-corrected chi connectivity index (χ0v) is 8.88. The molecule has 0 saturated carbocycles. The molecule has 2 aromatic heterocycles. The minimum atomic E-state index is -0.439. The van der Waals surface area contributed by atoms with Crippen LogP contribution < -0.4 is 0 Å². The van der Waals surface area contributed by atoms with Gasteiger partial charge in [-0.05, 0) is 6.42 Å². The molecule has 6 heteroatoms. The van der Waals surface area contributed by atoms with Crippen molar-refractivity contribution in [2.24, 2.45) is 0 Å². The maximum Gasteiger partial charge on any atom is 0.358 e. The second-order valence-electron chi connectivity index (χ2n) is 3.26. The summed E-state index contributed by atoms with van der Waals surface area (Å²) in [7, 11) is 0. The van der Waals surface area contributed by atoms with Crippen LogP contribution in [-0.4, -0.2) is 32.2 Å². The highest BCUT2D eigenvalue weighted by atomic mass is 16.5. The molecular weight excluding hydrogens is 208 g/mol. The average molecular weight is 219 g/mol. The highest BCUT2D eigenvalue weighted by Crippen LogP contribution is 2.03. The summed E-state index contributed by atoms with van der Waals surface area (Å²) < 4.78 is 6.43. The monoisotopic (exact) mass is 219 g/mol. The Morgan fingerprint density at radius 1 is 1.56 bits per heavy atom. The molecule has 0 aliphatic heterocycles. The molecule has 0 aliphatic rings. The van der Waals surface area contributed by atoms with Gasteiger partial charge in [0.15, 0.2) is 11.3 Å². The molecule has 0 spiro atoms. The highest BCUT2D eigenvalue weighted by molar-refractivity contribution is 5.87. The number of aromatic nitrogens is 4. The van der Waals surface area contributed by atoms with E-state index in [-0.39, 0.29) is 5.69 Å². The molecule has 6 nitrogen and oxygen atoms in total. The van der Waals surface area contributed by atoms with Crippen LogP contribution >= 0.6 is 0 Å². The van der Waals surface area contributed by atoms with E-state index in [1.807, 2.05) is 6.92 Å². The number of hydrogen-bond acceptors (Lipinski definition) is 5. The third-order valence-corrected chi connectivity index (χ3v) is 2.08. The van der Waals surface area contributed by atoms with E-state index < -0.39 is 5.97 Å². The van der Waals surface area contributed by atoms with Crippen molar-refractivity contribution in [2.75, 3.05) is 6.61 Å². The molecule has 0 bridgehead atoms. The third-order valence-electron chi connectivity index (χ3n) is 2.08. The molecule has 83 valence electrons. The first-order valence-corrected chi connectivity index (χ1v) is 5.07. The Morgan fingerprint density at radius 3 is 3.25 bits per heavy atom. The molecule has 0 aliphatic carbocycles. The largest absolute Gasteiger partial charge is 0.461 e. The van der Waals surface area contributed by atoms with E-state index >= 15 is 0 Å². The lowest BCUT2D eigenvalue weighted by Gasteiger charge is -2.04. The van der Waals surface area contributed by atoms with E-state index in [0.717, 1.165) is 12.8 Å². The van der Waals surface area contributed by atoms with Crippen molar-refractivity contribution in [3.05, 3.63) is 24.4 Å². The number of esters is 1. The van der Waals surface area contributed by atoms with Crippen molar-refractivity contribution in [2.45, 2.75) is 19.8 Å². The molecule has 0 unspecified atom stereocenters. The number of rotatable bonds is 4. The molecule has 2 heterocycles. The summed E-state index contributed by atoms with van der Waals surface area (Å²) in [5.41, 5.74) is 0.743. The lowest BCUT2D eigenvalue weighted by molar-refractivity contribution is 0.0489. The molecule has 0 aromatic carbocycles. The van der Waals surface area contributed by atoms with Crippen LogP contribution in [0.15, 0.2) is 12.4 Å². The van der Waals surface area contributed by atoms with Gasteiger partial charge in [0.25, 0.3) is 0 Å². The molecule has 0 N–H and O–H groups in total. The maximum atomic E-state index is 11.7. The quantitative estimate of drug-likeness (QED) is 0.564. The first-order chi connectivity index (χ1) is 7.83. The standard InChI is InChI=1S/C10H11N4O2/c1-2-3-4-16-10(15)8-5-11-6-9-12-7-13-14(8)9/h5-6H,2-4H2,1H3. The molecule has 0 fully saturated rings. The van der Waals surface area contributed by atoms with Crippen LogP contribution in [-0.2, 0) is 4.74 Å². The Kier molecular flexibility index (Phi) is 3.09. The second-order valence-corrected chi connectivity index (χ2v) is 3.26. The summed E-state index contributed by atoms with van der Waals surface area (Å²) in [5.74, 6) is -0.439. The van der Waals surface area contributed by atoms with Gasteiger partial charge in [-0.25, -0.2) is 14.3 Å². The van der Waals surface area contributed by atoms with Crippen LogP contribution in [0.5, 0.6) is 0 Å². The zero-order valence-electron chi connectivity index (χ0n) is 8.88. The smallest absolute Gasteiger partial charge is 0.358 e. The lowest BCUT2D eigenvalue weighted by Crippen LogP contribution is -2.12. The number of fused-ring (bicyclic) bond motifs is 1. The zero-order chi connectivity index (χ0) is 11.4. The number of carbonyl (C=O) groups excluding carboxylic acids is 1. The van der Waals surface area contributed by atoms with Crippen molar-refractivity contribution in [3.8, 4) is 0 Å². The van der Waals surface area contributed by atoms with Crippen LogP contribution in [0.4, 0.5) is 0 Å². The number of hydrogen-bond donors (Lipinski definition) is 0. The van der Waals surface area contributed by atoms with Gasteiger partial charge in [0.05, 0.1) is 19.0 Å². The van der Waals surface area contributed by atoms with Crippen molar-refractivity contribution in [1.29, 1.82) is 0 Å². The van der Waals surface area contributed by atoms with Gasteiger partial charge >= 0.3 is 5.97 Å². The van der Waals surface area contributed by atoms with Crippen LogP contribution in [0.25, 0.3) is 5.65 Å². The Balaban J connectivity index is 2.19. The summed E-state index contributed by atoms with van der Waals surface area (Å²) >= 11 is 0. The Labute approximate surface area is 92.3 Å². The summed E-state index contributed by atoms with van der Waals surface area (Å²) in [6.07, 6.45) is 7.15. The Morgan fingerprint density at radius 2 is 2.44 bits per heavy atom. The predicted molar refractivity (Wildman–Crippen MR) is 54.8 cm³/mol. The molecule has 1 radical (unpaired) electrons. The van der Waals surface area contributed by atoms with E-state index in [0.29, 0.717) is 12.3 Å². The molecule has 2 rings (SSSR count). The summed E-state index contributed by atoms with van der Waals surface area (Å²) in [6, 6.07) is 0. The van der Waals surface area contributed by atoms with E-state index in [2.05, 4.69) is 21.4 Å². The van der Waals surface area contributed by atoms with Gasteiger partial charge in [-0.3, -0.25) is 4.98 Å². The van der Waals surface area contributed by atoms with Crippen molar-refractivity contribution >= 4 is 11.6 Å². The Bertz CT molecular complexity index is 494. The predicted octanol–water partition coefficient (Wildman–Crippen LogP) is 0.881. The molecule has 16 heavy (non-hydrogen) atoms. The van der Waals surface area contributed by atoms with Gasteiger partial charge in [-0.2, -0.15) is 0 Å². The van der Waals surface area contributed by atoms with Crippen LogP contribution in [0.2, 0.25) is 0 Å². The number of unbranched alkanes of at least 4 members (excludes halogenated alkanes) is 1. The number of ether oxygens (including phenoxy) is 1. The third kappa shape index (κ3) is 2.00. The fraction of sp³-hybridized carbons (Fsp3) is 0.400. The summed E-state index contributed by atoms with van der Waals surface area (Å²) in [4.78, 5) is 19.4. The Hall–Kier alpha value is -1.98. The molecule has 2 aromatic rings. The van der Waals surface area contributed by atoms with E-state index in [4.69, 9.17) is 4.74 Å². The molecule has 0 atom stereocenters. The van der Waals surface area contributed by atoms with Crippen LogP contribution in [0.1, 0.15) is 30.3 Å². The van der Waals surface area contributed by atoms with Crippen molar-refractivity contribution in [3.63, 3.8) is 0 Å². The van der Waals surface area contributed by atoms with Gasteiger partial charge in [0, 0.05) is 0 Å². The van der Waals surface area contributed by atoms with Crippen molar-refractivity contribution < 1.29 is 9.53 Å². The topological polar surface area (TPSA) is 69.4 Å². The lowest BCUT2D eigenvalue weighted by atomic mass is 10.3. The van der Waals surface area contributed by atoms with E-state index in [1.165, 1.54) is 16.9 Å². The number of nitrogens with zero attached hydrogens (tertiary/aromatic N) is 4. The molecule has 0 saturated heterocycles. The average Bonchev–Trinajstić information content (AvgIpc) is 2.76. The first kappa shape index (κ1) is 10.5.